The third-order valence-electron chi connectivity index (χ3n) is 4.95. The summed E-state index contributed by atoms with van der Waals surface area (Å²) in [5.41, 5.74) is 4.95. The van der Waals surface area contributed by atoms with Gasteiger partial charge in [-0.25, -0.2) is 4.79 Å². The first kappa shape index (κ1) is 20.5. The molecule has 152 valence electrons. The normalized spacial score (nSPS) is 11.7. The quantitative estimate of drug-likeness (QED) is 0.466. The number of benzene rings is 2. The van der Waals surface area contributed by atoms with E-state index in [1.165, 1.54) is 0 Å². The summed E-state index contributed by atoms with van der Waals surface area (Å²) in [5, 5.41) is 10.2. The largest absolute Gasteiger partial charge is 0.493 e. The predicted molar refractivity (Wildman–Crippen MR) is 113 cm³/mol. The number of carboxylic acid groups (broad SMARTS) is 1. The van der Waals surface area contributed by atoms with Gasteiger partial charge < -0.3 is 23.9 Å². The summed E-state index contributed by atoms with van der Waals surface area (Å²) in [6.45, 7) is 3.68. The van der Waals surface area contributed by atoms with Crippen molar-refractivity contribution < 1.29 is 24.1 Å². The van der Waals surface area contributed by atoms with E-state index in [1.54, 1.807) is 33.3 Å². The van der Waals surface area contributed by atoms with Crippen LogP contribution in [-0.2, 0) is 16.6 Å². The van der Waals surface area contributed by atoms with Gasteiger partial charge in [0, 0.05) is 30.7 Å². The van der Waals surface area contributed by atoms with E-state index in [0.717, 1.165) is 33.3 Å². The standard InChI is InChI=1S/C23H25NO5/c1-14(23(25)26)11-17-12-18(28-5)22(29-13-27-4)19-15(2)20(24(3)21(17)19)16-9-7-6-8-10-16/h6-12H,13H2,1-5H3,(H,25,26)/b14-11+. The summed E-state index contributed by atoms with van der Waals surface area (Å²) >= 11 is 0. The SMILES string of the molecule is COCOc1c(OC)cc(/C=C(\C)C(=O)O)c2c1c(C)c(-c1ccccc1)n2C. The fraction of sp³-hybridized carbons (Fsp3) is 0.261. The van der Waals surface area contributed by atoms with Gasteiger partial charge in [-0.3, -0.25) is 0 Å². The third-order valence-corrected chi connectivity index (χ3v) is 4.95. The molecular weight excluding hydrogens is 370 g/mol. The number of rotatable bonds is 7. The van der Waals surface area contributed by atoms with Crippen LogP contribution in [-0.4, -0.2) is 36.7 Å². The molecule has 29 heavy (non-hydrogen) atoms. The maximum absolute atomic E-state index is 11.4. The van der Waals surface area contributed by atoms with Gasteiger partial charge in [0.25, 0.3) is 0 Å². The van der Waals surface area contributed by atoms with Gasteiger partial charge >= 0.3 is 5.97 Å². The zero-order valence-electron chi connectivity index (χ0n) is 17.3. The van der Waals surface area contributed by atoms with Crippen molar-refractivity contribution in [2.75, 3.05) is 21.0 Å². The Labute approximate surface area is 169 Å². The highest BCUT2D eigenvalue weighted by Crippen LogP contribution is 2.45. The van der Waals surface area contributed by atoms with E-state index in [9.17, 15) is 9.90 Å². The Morgan fingerprint density at radius 1 is 1.21 bits per heavy atom. The second-order valence-corrected chi connectivity index (χ2v) is 6.80. The molecule has 1 aromatic heterocycles. The minimum atomic E-state index is -0.967. The first-order valence-electron chi connectivity index (χ1n) is 9.19. The topological polar surface area (TPSA) is 69.9 Å². The van der Waals surface area contributed by atoms with E-state index >= 15 is 0 Å². The van der Waals surface area contributed by atoms with Crippen molar-refractivity contribution in [2.24, 2.45) is 7.05 Å². The molecule has 6 nitrogen and oxygen atoms in total. The van der Waals surface area contributed by atoms with Crippen LogP contribution in [0.2, 0.25) is 0 Å². The van der Waals surface area contributed by atoms with Gasteiger partial charge in [-0.1, -0.05) is 30.3 Å². The molecule has 0 aliphatic heterocycles. The second kappa shape index (κ2) is 8.41. The van der Waals surface area contributed by atoms with Crippen molar-refractivity contribution in [3.63, 3.8) is 0 Å². The molecule has 3 aromatic rings. The molecule has 0 amide bonds. The number of carboxylic acids is 1. The minimum Gasteiger partial charge on any atom is -0.493 e. The molecule has 0 fully saturated rings. The average molecular weight is 395 g/mol. The maximum Gasteiger partial charge on any atom is 0.331 e. The minimum absolute atomic E-state index is 0.0732. The van der Waals surface area contributed by atoms with Crippen LogP contribution in [0.15, 0.2) is 42.0 Å². The number of aliphatic carboxylic acids is 1. The maximum atomic E-state index is 11.4. The number of ether oxygens (including phenoxy) is 3. The molecule has 3 rings (SSSR count). The van der Waals surface area contributed by atoms with E-state index in [2.05, 4.69) is 4.57 Å². The van der Waals surface area contributed by atoms with E-state index in [-0.39, 0.29) is 12.4 Å². The number of hydrogen-bond acceptors (Lipinski definition) is 4. The fourth-order valence-corrected chi connectivity index (χ4v) is 3.67. The molecule has 0 unspecified atom stereocenters. The molecule has 1 N–H and O–H groups in total. The molecule has 0 bridgehead atoms. The number of hydrogen-bond donors (Lipinski definition) is 1. The summed E-state index contributed by atoms with van der Waals surface area (Å²) in [5.74, 6) is 0.128. The van der Waals surface area contributed by atoms with Crippen LogP contribution in [0, 0.1) is 6.92 Å². The van der Waals surface area contributed by atoms with Gasteiger partial charge in [-0.2, -0.15) is 0 Å². The van der Waals surface area contributed by atoms with Crippen molar-refractivity contribution in [1.82, 2.24) is 4.57 Å². The third kappa shape index (κ3) is 3.71. The highest BCUT2D eigenvalue weighted by molar-refractivity contribution is 6.04. The van der Waals surface area contributed by atoms with Gasteiger partial charge in [0.05, 0.1) is 18.3 Å². The number of carbonyl (C=O) groups is 1. The fourth-order valence-electron chi connectivity index (χ4n) is 3.67. The Morgan fingerprint density at radius 3 is 2.48 bits per heavy atom. The Kier molecular flexibility index (Phi) is 5.94. The lowest BCUT2D eigenvalue weighted by molar-refractivity contribution is -0.132. The van der Waals surface area contributed by atoms with Crippen LogP contribution >= 0.6 is 0 Å². The van der Waals surface area contributed by atoms with Gasteiger partial charge in [-0.15, -0.1) is 0 Å². The lowest BCUT2D eigenvalue weighted by Crippen LogP contribution is -2.03. The van der Waals surface area contributed by atoms with Crippen LogP contribution in [0.1, 0.15) is 18.1 Å². The highest BCUT2D eigenvalue weighted by atomic mass is 16.7. The lowest BCUT2D eigenvalue weighted by Gasteiger charge is -2.14. The van der Waals surface area contributed by atoms with Gasteiger partial charge in [0.2, 0.25) is 0 Å². The van der Waals surface area contributed by atoms with Crippen molar-refractivity contribution in [3.8, 4) is 22.8 Å². The average Bonchev–Trinajstić information content (AvgIpc) is 2.98. The second-order valence-electron chi connectivity index (χ2n) is 6.80. The van der Waals surface area contributed by atoms with Crippen LogP contribution < -0.4 is 9.47 Å². The van der Waals surface area contributed by atoms with E-state index in [4.69, 9.17) is 14.2 Å². The monoisotopic (exact) mass is 395 g/mol. The Balaban J connectivity index is 2.44. The number of nitrogens with zero attached hydrogens (tertiary/aromatic N) is 1. The zero-order valence-corrected chi connectivity index (χ0v) is 17.3. The summed E-state index contributed by atoms with van der Waals surface area (Å²) in [7, 11) is 5.09. The van der Waals surface area contributed by atoms with Gasteiger partial charge in [0.15, 0.2) is 18.3 Å². The number of aromatic nitrogens is 1. The number of fused-ring (bicyclic) bond motifs is 1. The van der Waals surface area contributed by atoms with Crippen molar-refractivity contribution in [2.45, 2.75) is 13.8 Å². The Bertz CT molecular complexity index is 1080. The molecule has 2 aromatic carbocycles. The predicted octanol–water partition coefficient (Wildman–Crippen LogP) is 4.63. The number of aryl methyl sites for hydroxylation is 2. The first-order chi connectivity index (χ1) is 13.9. The molecule has 0 aliphatic carbocycles. The van der Waals surface area contributed by atoms with E-state index in [0.29, 0.717) is 11.5 Å². The van der Waals surface area contributed by atoms with Crippen LogP contribution in [0.25, 0.3) is 28.2 Å². The van der Waals surface area contributed by atoms with Crippen LogP contribution in [0.4, 0.5) is 0 Å². The summed E-state index contributed by atoms with van der Waals surface area (Å²) in [4.78, 5) is 11.4. The Morgan fingerprint density at radius 2 is 1.90 bits per heavy atom. The zero-order chi connectivity index (χ0) is 21.1. The van der Waals surface area contributed by atoms with Gasteiger partial charge in [-0.05, 0) is 37.1 Å². The van der Waals surface area contributed by atoms with E-state index in [1.807, 2.05) is 44.3 Å². The molecule has 0 atom stereocenters. The summed E-state index contributed by atoms with van der Waals surface area (Å²) in [6, 6.07) is 11.9. The molecular formula is C23H25NO5. The molecule has 0 saturated carbocycles. The summed E-state index contributed by atoms with van der Waals surface area (Å²) in [6.07, 6.45) is 1.65. The first-order valence-corrected chi connectivity index (χ1v) is 9.19. The lowest BCUT2D eigenvalue weighted by atomic mass is 10.0. The van der Waals surface area contributed by atoms with Crippen LogP contribution in [0.5, 0.6) is 11.5 Å². The van der Waals surface area contributed by atoms with Crippen molar-refractivity contribution in [1.29, 1.82) is 0 Å². The van der Waals surface area contributed by atoms with Crippen molar-refractivity contribution in [3.05, 3.63) is 53.1 Å². The molecule has 6 heteroatoms. The van der Waals surface area contributed by atoms with Gasteiger partial charge in [0.1, 0.15) is 0 Å². The smallest absolute Gasteiger partial charge is 0.331 e. The molecule has 0 radical (unpaired) electrons. The molecule has 1 heterocycles. The van der Waals surface area contributed by atoms with E-state index < -0.39 is 5.97 Å². The van der Waals surface area contributed by atoms with Crippen molar-refractivity contribution >= 4 is 22.9 Å². The van der Waals surface area contributed by atoms with Crippen LogP contribution in [0.3, 0.4) is 0 Å². The number of methoxy groups -OCH3 is 2. The summed E-state index contributed by atoms with van der Waals surface area (Å²) < 4.78 is 18.6. The Hall–Kier alpha value is -3.25. The molecule has 0 aliphatic rings. The molecule has 0 saturated heterocycles. The molecule has 0 spiro atoms. The highest BCUT2D eigenvalue weighted by Gasteiger charge is 2.23.